The van der Waals surface area contributed by atoms with E-state index in [-0.39, 0.29) is 6.61 Å². The van der Waals surface area contributed by atoms with Crippen LogP contribution in [0.15, 0.2) is 48.8 Å². The van der Waals surface area contributed by atoms with E-state index in [4.69, 9.17) is 4.74 Å². The Morgan fingerprint density at radius 2 is 2.07 bits per heavy atom. The van der Waals surface area contributed by atoms with Crippen LogP contribution in [0.3, 0.4) is 0 Å². The minimum atomic E-state index is -0.826. The zero-order valence-corrected chi connectivity index (χ0v) is 16.8. The summed E-state index contributed by atoms with van der Waals surface area (Å²) < 4.78 is 5.94. The van der Waals surface area contributed by atoms with Gasteiger partial charge in [0.1, 0.15) is 18.5 Å². The molecule has 3 N–H and O–H groups in total. The molecule has 0 bridgehead atoms. The number of fused-ring (bicyclic) bond motifs is 1. The number of hydrogen-bond acceptors (Lipinski definition) is 5. The van der Waals surface area contributed by atoms with E-state index in [0.29, 0.717) is 19.4 Å². The molecule has 0 saturated carbocycles. The van der Waals surface area contributed by atoms with Gasteiger partial charge >= 0.3 is 0 Å². The third-order valence-corrected chi connectivity index (χ3v) is 5.84. The number of benzene rings is 1. The van der Waals surface area contributed by atoms with Gasteiger partial charge in [-0.1, -0.05) is 19.1 Å². The lowest BCUT2D eigenvalue weighted by Gasteiger charge is -2.39. The van der Waals surface area contributed by atoms with E-state index in [1.807, 2.05) is 30.3 Å². The van der Waals surface area contributed by atoms with Crippen LogP contribution in [0.2, 0.25) is 0 Å². The molecule has 4 rings (SSSR count). The van der Waals surface area contributed by atoms with E-state index in [1.165, 1.54) is 5.69 Å². The smallest absolute Gasteiger partial charge is 0.128 e. The molecule has 0 spiro atoms. The normalized spacial score (nSPS) is 18.0. The number of β-amino-alcohol motifs (C(OH)–C–C–N with tert-alkyl or cyclic N) is 1. The van der Waals surface area contributed by atoms with Crippen LogP contribution in [0, 0.1) is 0 Å². The number of pyridine rings is 1. The van der Waals surface area contributed by atoms with Gasteiger partial charge in [-0.15, -0.1) is 0 Å². The van der Waals surface area contributed by atoms with Gasteiger partial charge in [0.15, 0.2) is 0 Å². The quantitative estimate of drug-likeness (QED) is 0.573. The maximum Gasteiger partial charge on any atom is 0.128 e. The molecule has 0 unspecified atom stereocenters. The van der Waals surface area contributed by atoms with Crippen molar-refractivity contribution < 1.29 is 14.9 Å². The van der Waals surface area contributed by atoms with Crippen molar-refractivity contribution in [2.75, 3.05) is 26.2 Å². The second-order valence-electron chi connectivity index (χ2n) is 7.90. The Kier molecular flexibility index (Phi) is 5.85. The van der Waals surface area contributed by atoms with E-state index in [0.717, 1.165) is 41.7 Å². The first-order valence-corrected chi connectivity index (χ1v) is 10.3. The topological polar surface area (TPSA) is 81.6 Å². The third kappa shape index (κ3) is 4.45. The molecule has 0 aliphatic carbocycles. The molecule has 3 aromatic rings. The monoisotopic (exact) mass is 395 g/mol. The molecule has 6 nitrogen and oxygen atoms in total. The summed E-state index contributed by atoms with van der Waals surface area (Å²) in [6, 6.07) is 11.8. The molecule has 2 aromatic heterocycles. The van der Waals surface area contributed by atoms with Crippen LogP contribution in [-0.4, -0.2) is 57.4 Å². The number of ether oxygens (including phenoxy) is 1. The van der Waals surface area contributed by atoms with Crippen LogP contribution in [0.4, 0.5) is 0 Å². The molecule has 29 heavy (non-hydrogen) atoms. The predicted octanol–water partition coefficient (Wildman–Crippen LogP) is 2.85. The molecule has 6 heteroatoms. The third-order valence-electron chi connectivity index (χ3n) is 5.84. The van der Waals surface area contributed by atoms with E-state index < -0.39 is 11.7 Å². The highest BCUT2D eigenvalue weighted by molar-refractivity contribution is 5.86. The molecule has 0 amide bonds. The standard InChI is InChI=1S/C23H29N3O3/c1-2-18-13-20-21(25-18)6-3-7-22(20)29-16-19(27)15-26-11-8-23(28,9-12-26)17-5-4-10-24-14-17/h3-7,10,13-14,19,25,27-28H,2,8-9,11-12,15-16H2,1H3/t19-/m0/s1. The summed E-state index contributed by atoms with van der Waals surface area (Å²) in [6.45, 7) is 4.36. The number of aromatic nitrogens is 2. The molecule has 1 aliphatic heterocycles. The van der Waals surface area contributed by atoms with Crippen molar-refractivity contribution in [2.45, 2.75) is 37.9 Å². The van der Waals surface area contributed by atoms with Gasteiger partial charge < -0.3 is 24.8 Å². The molecular formula is C23H29N3O3. The Labute approximate surface area is 171 Å². The number of rotatable bonds is 7. The minimum absolute atomic E-state index is 0.245. The number of nitrogens with one attached hydrogen (secondary N) is 1. The van der Waals surface area contributed by atoms with E-state index in [9.17, 15) is 10.2 Å². The van der Waals surface area contributed by atoms with Crippen molar-refractivity contribution in [1.29, 1.82) is 0 Å². The lowest BCUT2D eigenvalue weighted by molar-refractivity contribution is -0.0374. The summed E-state index contributed by atoms with van der Waals surface area (Å²) in [7, 11) is 0. The van der Waals surface area contributed by atoms with Crippen LogP contribution in [0.1, 0.15) is 31.0 Å². The van der Waals surface area contributed by atoms with E-state index >= 15 is 0 Å². The lowest BCUT2D eigenvalue weighted by atomic mass is 9.85. The number of aliphatic hydroxyl groups excluding tert-OH is 1. The number of piperidine rings is 1. The summed E-state index contributed by atoms with van der Waals surface area (Å²) in [4.78, 5) is 9.69. The highest BCUT2D eigenvalue weighted by atomic mass is 16.5. The second-order valence-corrected chi connectivity index (χ2v) is 7.90. The maximum atomic E-state index is 10.9. The minimum Gasteiger partial charge on any atom is -0.490 e. The Morgan fingerprint density at radius 3 is 2.79 bits per heavy atom. The largest absolute Gasteiger partial charge is 0.490 e. The van der Waals surface area contributed by atoms with Gasteiger partial charge in [-0.2, -0.15) is 0 Å². The average Bonchev–Trinajstić information content (AvgIpc) is 3.19. The molecule has 1 saturated heterocycles. The van der Waals surface area contributed by atoms with E-state index in [2.05, 4.69) is 27.9 Å². The fourth-order valence-electron chi connectivity index (χ4n) is 4.07. The molecule has 1 fully saturated rings. The van der Waals surface area contributed by atoms with E-state index in [1.54, 1.807) is 12.4 Å². The van der Waals surface area contributed by atoms with Crippen LogP contribution < -0.4 is 4.74 Å². The van der Waals surface area contributed by atoms with Crippen LogP contribution in [0.25, 0.3) is 10.9 Å². The molecule has 154 valence electrons. The van der Waals surface area contributed by atoms with Gasteiger partial charge in [-0.3, -0.25) is 4.98 Å². The lowest BCUT2D eigenvalue weighted by Crippen LogP contribution is -2.46. The molecule has 1 atom stereocenters. The van der Waals surface area contributed by atoms with Crippen LogP contribution in [0.5, 0.6) is 5.75 Å². The first-order chi connectivity index (χ1) is 14.1. The Hall–Kier alpha value is -2.41. The number of H-pyrrole nitrogens is 1. The van der Waals surface area contributed by atoms with Gasteiger partial charge in [0.2, 0.25) is 0 Å². The highest BCUT2D eigenvalue weighted by Crippen LogP contribution is 2.32. The molecule has 0 radical (unpaired) electrons. The Balaban J connectivity index is 1.30. The van der Waals surface area contributed by atoms with Crippen molar-refractivity contribution in [1.82, 2.24) is 14.9 Å². The van der Waals surface area contributed by atoms with Crippen molar-refractivity contribution in [3.63, 3.8) is 0 Å². The first kappa shape index (κ1) is 19.9. The number of hydrogen-bond donors (Lipinski definition) is 3. The van der Waals surface area contributed by atoms with Crippen molar-refractivity contribution >= 4 is 10.9 Å². The maximum absolute atomic E-state index is 10.9. The SMILES string of the molecule is CCc1cc2c(OC[C@@H](O)CN3CCC(O)(c4cccnc4)CC3)cccc2[nH]1. The van der Waals surface area contributed by atoms with Gasteiger partial charge in [-0.25, -0.2) is 0 Å². The first-order valence-electron chi connectivity index (χ1n) is 10.3. The number of nitrogens with zero attached hydrogens (tertiary/aromatic N) is 2. The molecule has 1 aliphatic rings. The summed E-state index contributed by atoms with van der Waals surface area (Å²) in [5.41, 5.74) is 2.27. The summed E-state index contributed by atoms with van der Waals surface area (Å²) in [6.07, 6.45) is 5.08. The summed E-state index contributed by atoms with van der Waals surface area (Å²) in [5, 5.41) is 22.5. The molecular weight excluding hydrogens is 366 g/mol. The highest BCUT2D eigenvalue weighted by Gasteiger charge is 2.34. The zero-order valence-electron chi connectivity index (χ0n) is 16.8. The van der Waals surface area contributed by atoms with Crippen molar-refractivity contribution in [3.05, 3.63) is 60.0 Å². The fourth-order valence-corrected chi connectivity index (χ4v) is 4.07. The molecule has 1 aromatic carbocycles. The van der Waals surface area contributed by atoms with Gasteiger partial charge in [0, 0.05) is 54.2 Å². The van der Waals surface area contributed by atoms with Crippen molar-refractivity contribution in [2.24, 2.45) is 0 Å². The fraction of sp³-hybridized carbons (Fsp3) is 0.435. The van der Waals surface area contributed by atoms with Crippen LogP contribution >= 0.6 is 0 Å². The van der Waals surface area contributed by atoms with Crippen LogP contribution in [-0.2, 0) is 12.0 Å². The second kappa shape index (κ2) is 8.53. The number of aryl methyl sites for hydroxylation is 1. The van der Waals surface area contributed by atoms with Gasteiger partial charge in [0.25, 0.3) is 0 Å². The predicted molar refractivity (Wildman–Crippen MR) is 113 cm³/mol. The Bertz CT molecular complexity index is 933. The average molecular weight is 396 g/mol. The van der Waals surface area contributed by atoms with Gasteiger partial charge in [0.05, 0.1) is 5.60 Å². The summed E-state index contributed by atoms with van der Waals surface area (Å²) >= 11 is 0. The zero-order chi connectivity index (χ0) is 20.3. The summed E-state index contributed by atoms with van der Waals surface area (Å²) in [5.74, 6) is 0.794. The number of likely N-dealkylation sites (tertiary alicyclic amines) is 1. The van der Waals surface area contributed by atoms with Crippen molar-refractivity contribution in [3.8, 4) is 5.75 Å². The number of aliphatic hydroxyl groups is 2. The Morgan fingerprint density at radius 1 is 1.24 bits per heavy atom. The van der Waals surface area contributed by atoms with Gasteiger partial charge in [-0.05, 0) is 43.5 Å². The number of aromatic amines is 1. The molecule has 3 heterocycles.